The Balaban J connectivity index is 1.55. The minimum atomic E-state index is -3.54. The van der Waals surface area contributed by atoms with Crippen LogP contribution in [0, 0.1) is 13.8 Å². The van der Waals surface area contributed by atoms with Crippen LogP contribution in [0.3, 0.4) is 0 Å². The summed E-state index contributed by atoms with van der Waals surface area (Å²) >= 11 is 1.76. The average Bonchev–Trinajstić information content (AvgIpc) is 3.23. The number of rotatable bonds is 8. The van der Waals surface area contributed by atoms with Crippen LogP contribution in [0.1, 0.15) is 39.9 Å². The van der Waals surface area contributed by atoms with Crippen LogP contribution in [0.5, 0.6) is 0 Å². The van der Waals surface area contributed by atoms with Crippen molar-refractivity contribution in [1.29, 1.82) is 0 Å². The smallest absolute Gasteiger partial charge is 0.251 e. The molecule has 29 heavy (non-hydrogen) atoms. The van der Waals surface area contributed by atoms with Gasteiger partial charge >= 0.3 is 0 Å². The summed E-state index contributed by atoms with van der Waals surface area (Å²) in [6.07, 6.45) is 1.78. The number of thioether (sulfide) groups is 1. The minimum Gasteiger partial charge on any atom is -0.351 e. The predicted octanol–water partition coefficient (Wildman–Crippen LogP) is 3.75. The van der Waals surface area contributed by atoms with Crippen LogP contribution in [-0.4, -0.2) is 44.0 Å². The Labute approximate surface area is 177 Å². The molecule has 0 aromatic heterocycles. The van der Waals surface area contributed by atoms with Gasteiger partial charge in [0.1, 0.15) is 0 Å². The van der Waals surface area contributed by atoms with Gasteiger partial charge in [0.2, 0.25) is 10.0 Å². The summed E-state index contributed by atoms with van der Waals surface area (Å²) in [7, 11) is -3.54. The zero-order valence-electron chi connectivity index (χ0n) is 17.0. The summed E-state index contributed by atoms with van der Waals surface area (Å²) in [4.78, 5) is 12.7. The molecule has 0 radical (unpaired) electrons. The molecule has 3 rings (SSSR count). The monoisotopic (exact) mass is 432 g/mol. The Morgan fingerprint density at radius 2 is 1.86 bits per heavy atom. The van der Waals surface area contributed by atoms with E-state index >= 15 is 0 Å². The summed E-state index contributed by atoms with van der Waals surface area (Å²) in [5.74, 6) is 1.46. The summed E-state index contributed by atoms with van der Waals surface area (Å²) < 4.78 is 27.3. The fourth-order valence-corrected chi connectivity index (χ4v) is 5.99. The fourth-order valence-electron chi connectivity index (χ4n) is 3.42. The highest BCUT2D eigenvalue weighted by atomic mass is 32.2. The molecule has 7 heteroatoms. The number of carbonyl (C=O) groups excluding carboxylic acids is 1. The maximum Gasteiger partial charge on any atom is 0.251 e. The first-order chi connectivity index (χ1) is 13.9. The third-order valence-electron chi connectivity index (χ3n) is 5.02. The number of hydrogen-bond donors (Lipinski definition) is 1. The zero-order valence-corrected chi connectivity index (χ0v) is 18.6. The normalized spacial score (nSPS) is 14.8. The van der Waals surface area contributed by atoms with E-state index in [1.165, 1.54) is 21.5 Å². The molecular formula is C22H28N2O3S2. The van der Waals surface area contributed by atoms with Crippen molar-refractivity contribution >= 4 is 27.7 Å². The van der Waals surface area contributed by atoms with Gasteiger partial charge in [-0.2, -0.15) is 16.1 Å². The number of aryl methyl sites for hydroxylation is 2. The van der Waals surface area contributed by atoms with Gasteiger partial charge in [-0.1, -0.05) is 35.9 Å². The molecule has 1 heterocycles. The first-order valence-electron chi connectivity index (χ1n) is 9.90. The Hall–Kier alpha value is -1.83. The molecule has 1 amide bonds. The SMILES string of the molecule is Cc1cccc(CSCCNC(=O)c2ccc(C)c(S(=O)(=O)N3CCCC3)c2)c1. The molecule has 0 bridgehead atoms. The van der Waals surface area contributed by atoms with E-state index in [2.05, 4.69) is 36.5 Å². The topological polar surface area (TPSA) is 66.5 Å². The molecule has 0 spiro atoms. The third-order valence-corrected chi connectivity index (χ3v) is 8.09. The van der Waals surface area contributed by atoms with E-state index in [4.69, 9.17) is 0 Å². The van der Waals surface area contributed by atoms with Crippen molar-refractivity contribution in [2.75, 3.05) is 25.4 Å². The highest BCUT2D eigenvalue weighted by Crippen LogP contribution is 2.24. The molecule has 0 aliphatic carbocycles. The third kappa shape index (κ3) is 5.62. The second-order valence-corrected chi connectivity index (χ2v) is 10.4. The second-order valence-electron chi connectivity index (χ2n) is 7.39. The van der Waals surface area contributed by atoms with Gasteiger partial charge in [-0.05, 0) is 49.9 Å². The highest BCUT2D eigenvalue weighted by Gasteiger charge is 2.29. The molecule has 1 aliphatic heterocycles. The number of nitrogens with one attached hydrogen (secondary N) is 1. The number of amides is 1. The molecule has 2 aromatic carbocycles. The summed E-state index contributed by atoms with van der Waals surface area (Å²) in [6, 6.07) is 13.3. The largest absolute Gasteiger partial charge is 0.351 e. The van der Waals surface area contributed by atoms with Crippen molar-refractivity contribution in [3.8, 4) is 0 Å². The molecule has 0 saturated carbocycles. The van der Waals surface area contributed by atoms with Crippen LogP contribution in [-0.2, 0) is 15.8 Å². The number of sulfonamides is 1. The summed E-state index contributed by atoms with van der Waals surface area (Å²) in [5, 5.41) is 2.90. The standard InChI is InChI=1S/C22H28N2O3S2/c1-17-6-5-7-19(14-17)16-28-13-10-23-22(25)20-9-8-18(2)21(15-20)29(26,27)24-11-3-4-12-24/h5-9,14-15H,3-4,10-13,16H2,1-2H3,(H,23,25). The first kappa shape index (κ1) is 21.9. The van der Waals surface area contributed by atoms with E-state index in [9.17, 15) is 13.2 Å². The quantitative estimate of drug-likeness (QED) is 0.645. The van der Waals surface area contributed by atoms with E-state index in [0.717, 1.165) is 24.3 Å². The van der Waals surface area contributed by atoms with Gasteiger partial charge in [-0.25, -0.2) is 8.42 Å². The van der Waals surface area contributed by atoms with E-state index in [1.54, 1.807) is 30.8 Å². The molecule has 5 nitrogen and oxygen atoms in total. The van der Waals surface area contributed by atoms with Crippen LogP contribution >= 0.6 is 11.8 Å². The number of benzene rings is 2. The van der Waals surface area contributed by atoms with E-state index in [0.29, 0.717) is 30.8 Å². The molecule has 1 saturated heterocycles. The summed E-state index contributed by atoms with van der Waals surface area (Å²) in [5.41, 5.74) is 3.58. The maximum atomic E-state index is 12.9. The number of carbonyl (C=O) groups is 1. The first-order valence-corrected chi connectivity index (χ1v) is 12.5. The van der Waals surface area contributed by atoms with E-state index < -0.39 is 10.0 Å². The fraction of sp³-hybridized carbons (Fsp3) is 0.409. The van der Waals surface area contributed by atoms with E-state index in [1.807, 2.05) is 0 Å². The van der Waals surface area contributed by atoms with Gasteiger partial charge in [-0.15, -0.1) is 0 Å². The lowest BCUT2D eigenvalue weighted by Gasteiger charge is -2.17. The van der Waals surface area contributed by atoms with Gasteiger partial charge in [0, 0.05) is 36.7 Å². The Kier molecular flexibility index (Phi) is 7.38. The molecular weight excluding hydrogens is 404 g/mol. The van der Waals surface area contributed by atoms with Gasteiger partial charge < -0.3 is 5.32 Å². The Morgan fingerprint density at radius 3 is 2.59 bits per heavy atom. The molecule has 1 fully saturated rings. The van der Waals surface area contributed by atoms with Crippen LogP contribution in [0.15, 0.2) is 47.4 Å². The van der Waals surface area contributed by atoms with Gasteiger partial charge in [0.25, 0.3) is 5.91 Å². The molecule has 0 unspecified atom stereocenters. The molecule has 1 aliphatic rings. The molecule has 2 aromatic rings. The van der Waals surface area contributed by atoms with Crippen LogP contribution in [0.4, 0.5) is 0 Å². The van der Waals surface area contributed by atoms with Gasteiger partial charge in [0.05, 0.1) is 4.90 Å². The van der Waals surface area contributed by atoms with Crippen LogP contribution < -0.4 is 5.32 Å². The van der Waals surface area contributed by atoms with Crippen molar-refractivity contribution in [2.45, 2.75) is 37.3 Å². The van der Waals surface area contributed by atoms with Gasteiger partial charge in [-0.3, -0.25) is 4.79 Å². The van der Waals surface area contributed by atoms with Crippen LogP contribution in [0.2, 0.25) is 0 Å². The number of hydrogen-bond acceptors (Lipinski definition) is 4. The molecule has 1 N–H and O–H groups in total. The van der Waals surface area contributed by atoms with Crippen molar-refractivity contribution in [1.82, 2.24) is 9.62 Å². The van der Waals surface area contributed by atoms with Crippen molar-refractivity contribution in [3.63, 3.8) is 0 Å². The second kappa shape index (κ2) is 9.78. The lowest BCUT2D eigenvalue weighted by Crippen LogP contribution is -2.29. The van der Waals surface area contributed by atoms with Gasteiger partial charge in [0.15, 0.2) is 0 Å². The van der Waals surface area contributed by atoms with E-state index in [-0.39, 0.29) is 10.8 Å². The molecule has 156 valence electrons. The minimum absolute atomic E-state index is 0.237. The molecule has 0 atom stereocenters. The van der Waals surface area contributed by atoms with Crippen molar-refractivity contribution < 1.29 is 13.2 Å². The lowest BCUT2D eigenvalue weighted by atomic mass is 10.1. The Morgan fingerprint density at radius 1 is 1.10 bits per heavy atom. The number of nitrogens with zero attached hydrogens (tertiary/aromatic N) is 1. The average molecular weight is 433 g/mol. The zero-order chi connectivity index (χ0) is 20.9. The van der Waals surface area contributed by atoms with Crippen molar-refractivity contribution in [2.24, 2.45) is 0 Å². The highest BCUT2D eigenvalue weighted by molar-refractivity contribution is 7.98. The van der Waals surface area contributed by atoms with Crippen molar-refractivity contribution in [3.05, 3.63) is 64.7 Å². The van der Waals surface area contributed by atoms with Crippen LogP contribution in [0.25, 0.3) is 0 Å². The maximum absolute atomic E-state index is 12.9. The summed E-state index contributed by atoms with van der Waals surface area (Å²) in [6.45, 7) is 5.49. The lowest BCUT2D eigenvalue weighted by molar-refractivity contribution is 0.0956. The Bertz CT molecular complexity index is 968. The predicted molar refractivity (Wildman–Crippen MR) is 119 cm³/mol.